The van der Waals surface area contributed by atoms with Gasteiger partial charge in [0.15, 0.2) is 15.0 Å². The Bertz CT molecular complexity index is 593. The summed E-state index contributed by atoms with van der Waals surface area (Å²) in [6, 6.07) is -0.292. The molecule has 0 aliphatic carbocycles. The molecule has 0 fully saturated rings. The van der Waals surface area contributed by atoms with Crippen molar-refractivity contribution in [2.24, 2.45) is 5.92 Å². The number of hydrogen-bond acceptors (Lipinski definition) is 5. The van der Waals surface area contributed by atoms with E-state index in [1.165, 1.54) is 11.3 Å². The predicted molar refractivity (Wildman–Crippen MR) is 79.8 cm³/mol. The molecule has 0 aromatic carbocycles. The standard InChI is InChI=1S/C12H19N3O3S2/c1-8(2)3-5-13-11(16)15-12-14-9-4-6-20(17,18)7-10(9)19-12/h8H,3-7H2,1-2H3,(H2,13,14,15,16). The Morgan fingerprint density at radius 3 is 2.90 bits per heavy atom. The number of thiazole rings is 1. The van der Waals surface area contributed by atoms with E-state index in [4.69, 9.17) is 0 Å². The number of urea groups is 1. The number of nitrogens with zero attached hydrogens (tertiary/aromatic N) is 1. The molecule has 2 N–H and O–H groups in total. The molecule has 1 aliphatic rings. The number of anilines is 1. The topological polar surface area (TPSA) is 88.2 Å². The molecule has 0 saturated carbocycles. The molecule has 6 nitrogen and oxygen atoms in total. The number of amides is 2. The van der Waals surface area contributed by atoms with Crippen LogP contribution in [0.1, 0.15) is 30.8 Å². The van der Waals surface area contributed by atoms with Crippen molar-refractivity contribution in [1.82, 2.24) is 10.3 Å². The molecular weight excluding hydrogens is 298 g/mol. The number of fused-ring (bicyclic) bond motifs is 1. The maximum atomic E-state index is 11.7. The third kappa shape index (κ3) is 4.17. The number of rotatable bonds is 4. The SMILES string of the molecule is CC(C)CCNC(=O)Nc1nc2c(s1)CS(=O)(=O)CC2. The lowest BCUT2D eigenvalue weighted by atomic mass is 10.1. The molecule has 1 aromatic heterocycles. The van der Waals surface area contributed by atoms with Crippen molar-refractivity contribution in [3.8, 4) is 0 Å². The number of sulfone groups is 1. The molecule has 0 radical (unpaired) electrons. The first-order valence-electron chi connectivity index (χ1n) is 6.59. The van der Waals surface area contributed by atoms with Gasteiger partial charge in [-0.3, -0.25) is 5.32 Å². The van der Waals surface area contributed by atoms with Gasteiger partial charge in [0, 0.05) is 17.8 Å². The molecule has 0 unspecified atom stereocenters. The summed E-state index contributed by atoms with van der Waals surface area (Å²) in [5, 5.41) is 5.89. The molecular formula is C12H19N3O3S2. The predicted octanol–water partition coefficient (Wildman–Crippen LogP) is 1.78. The Morgan fingerprint density at radius 1 is 1.45 bits per heavy atom. The van der Waals surface area contributed by atoms with Crippen LogP contribution in [0.25, 0.3) is 0 Å². The first-order chi connectivity index (χ1) is 9.35. The summed E-state index contributed by atoms with van der Waals surface area (Å²) in [6.07, 6.45) is 1.35. The van der Waals surface area contributed by atoms with E-state index in [0.717, 1.165) is 17.0 Å². The monoisotopic (exact) mass is 317 g/mol. The van der Waals surface area contributed by atoms with Gasteiger partial charge in [0.2, 0.25) is 0 Å². The molecule has 0 spiro atoms. The Morgan fingerprint density at radius 2 is 2.20 bits per heavy atom. The fraction of sp³-hybridized carbons (Fsp3) is 0.667. The maximum absolute atomic E-state index is 11.7. The average molecular weight is 317 g/mol. The third-order valence-corrected chi connectivity index (χ3v) is 5.76. The van der Waals surface area contributed by atoms with Gasteiger partial charge in [-0.1, -0.05) is 13.8 Å². The second-order valence-corrected chi connectivity index (χ2v) is 8.56. The van der Waals surface area contributed by atoms with Crippen LogP contribution in [0.15, 0.2) is 0 Å². The minimum absolute atomic E-state index is 0.0383. The Hall–Kier alpha value is -1.15. The molecule has 112 valence electrons. The lowest BCUT2D eigenvalue weighted by Crippen LogP contribution is -2.30. The zero-order valence-electron chi connectivity index (χ0n) is 11.6. The number of aryl methyl sites for hydroxylation is 1. The van der Waals surface area contributed by atoms with Crippen molar-refractivity contribution in [2.75, 3.05) is 17.6 Å². The second-order valence-electron chi connectivity index (χ2n) is 5.29. The van der Waals surface area contributed by atoms with Crippen LogP contribution in [0.3, 0.4) is 0 Å². The normalized spacial score (nSPS) is 16.8. The highest BCUT2D eigenvalue weighted by Crippen LogP contribution is 2.29. The van der Waals surface area contributed by atoms with Crippen LogP contribution in [-0.4, -0.2) is 31.7 Å². The van der Waals surface area contributed by atoms with E-state index < -0.39 is 9.84 Å². The molecule has 2 rings (SSSR count). The van der Waals surface area contributed by atoms with E-state index in [1.807, 2.05) is 0 Å². The fourth-order valence-corrected chi connectivity index (χ4v) is 4.67. The van der Waals surface area contributed by atoms with Crippen molar-refractivity contribution in [2.45, 2.75) is 32.4 Å². The highest BCUT2D eigenvalue weighted by atomic mass is 32.2. The molecule has 2 amide bonds. The Kier molecular flexibility index (Phi) is 4.64. The van der Waals surface area contributed by atoms with Gasteiger partial charge in [0.25, 0.3) is 0 Å². The van der Waals surface area contributed by atoms with Gasteiger partial charge in [-0.15, -0.1) is 11.3 Å². The van der Waals surface area contributed by atoms with E-state index >= 15 is 0 Å². The van der Waals surface area contributed by atoms with Crippen molar-refractivity contribution in [3.05, 3.63) is 10.6 Å². The maximum Gasteiger partial charge on any atom is 0.321 e. The van der Waals surface area contributed by atoms with Crippen LogP contribution < -0.4 is 10.6 Å². The molecule has 0 bridgehead atoms. The van der Waals surface area contributed by atoms with Gasteiger partial charge >= 0.3 is 6.03 Å². The van der Waals surface area contributed by atoms with Crippen molar-refractivity contribution < 1.29 is 13.2 Å². The smallest absolute Gasteiger partial charge is 0.321 e. The van der Waals surface area contributed by atoms with Crippen LogP contribution in [0, 0.1) is 5.92 Å². The highest BCUT2D eigenvalue weighted by Gasteiger charge is 2.25. The summed E-state index contributed by atoms with van der Waals surface area (Å²) in [5.41, 5.74) is 0.794. The zero-order chi connectivity index (χ0) is 14.8. The van der Waals surface area contributed by atoms with Gasteiger partial charge in [-0.2, -0.15) is 0 Å². The van der Waals surface area contributed by atoms with E-state index in [2.05, 4.69) is 29.5 Å². The summed E-state index contributed by atoms with van der Waals surface area (Å²) >= 11 is 1.24. The molecule has 8 heteroatoms. The number of nitrogens with one attached hydrogen (secondary N) is 2. The second kappa shape index (κ2) is 6.09. The lowest BCUT2D eigenvalue weighted by Gasteiger charge is -2.08. The van der Waals surface area contributed by atoms with E-state index in [0.29, 0.717) is 24.0 Å². The molecule has 1 aromatic rings. The summed E-state index contributed by atoms with van der Waals surface area (Å²) in [5.74, 6) is 0.716. The van der Waals surface area contributed by atoms with Gasteiger partial charge < -0.3 is 5.32 Å². The van der Waals surface area contributed by atoms with Gasteiger partial charge in [0.05, 0.1) is 17.2 Å². The van der Waals surface area contributed by atoms with Crippen LogP contribution in [0.2, 0.25) is 0 Å². The molecule has 1 aliphatic heterocycles. The largest absolute Gasteiger partial charge is 0.338 e. The number of carbonyl (C=O) groups excluding carboxylic acids is 1. The van der Waals surface area contributed by atoms with Crippen LogP contribution in [0.4, 0.5) is 9.93 Å². The van der Waals surface area contributed by atoms with Crippen LogP contribution >= 0.6 is 11.3 Å². The highest BCUT2D eigenvalue weighted by molar-refractivity contribution is 7.90. The summed E-state index contributed by atoms with van der Waals surface area (Å²) < 4.78 is 23.1. The summed E-state index contributed by atoms with van der Waals surface area (Å²) in [7, 11) is -2.99. The number of aromatic nitrogens is 1. The van der Waals surface area contributed by atoms with Crippen molar-refractivity contribution in [3.63, 3.8) is 0 Å². The molecule has 0 saturated heterocycles. The van der Waals surface area contributed by atoms with Gasteiger partial charge in [-0.25, -0.2) is 18.2 Å². The zero-order valence-corrected chi connectivity index (χ0v) is 13.2. The van der Waals surface area contributed by atoms with E-state index in [9.17, 15) is 13.2 Å². The fourth-order valence-electron chi connectivity index (χ4n) is 1.88. The first-order valence-corrected chi connectivity index (χ1v) is 9.23. The van der Waals surface area contributed by atoms with Gasteiger partial charge in [-0.05, 0) is 12.3 Å². The minimum Gasteiger partial charge on any atom is -0.338 e. The van der Waals surface area contributed by atoms with E-state index in [1.54, 1.807) is 0 Å². The summed E-state index contributed by atoms with van der Waals surface area (Å²) in [6.45, 7) is 4.80. The number of hydrogen-bond donors (Lipinski definition) is 2. The Balaban J connectivity index is 1.91. The van der Waals surface area contributed by atoms with Crippen LogP contribution in [-0.2, 0) is 22.0 Å². The van der Waals surface area contributed by atoms with Crippen LogP contribution in [0.5, 0.6) is 0 Å². The quantitative estimate of drug-likeness (QED) is 0.886. The minimum atomic E-state index is -2.99. The number of carbonyl (C=O) groups is 1. The molecule has 2 heterocycles. The summed E-state index contributed by atoms with van der Waals surface area (Å²) in [4.78, 5) is 16.7. The Labute approximate surface area is 122 Å². The average Bonchev–Trinajstić information content (AvgIpc) is 2.68. The molecule has 0 atom stereocenters. The van der Waals surface area contributed by atoms with Crippen molar-refractivity contribution in [1.29, 1.82) is 0 Å². The van der Waals surface area contributed by atoms with E-state index in [-0.39, 0.29) is 17.5 Å². The molecule has 20 heavy (non-hydrogen) atoms. The van der Waals surface area contributed by atoms with Gasteiger partial charge in [0.1, 0.15) is 0 Å². The lowest BCUT2D eigenvalue weighted by molar-refractivity contribution is 0.251. The van der Waals surface area contributed by atoms with Crippen molar-refractivity contribution >= 4 is 32.3 Å². The first kappa shape index (κ1) is 15.2. The third-order valence-electron chi connectivity index (χ3n) is 3.01.